The Balaban J connectivity index is 2.25. The van der Waals surface area contributed by atoms with Crippen LogP contribution in [-0.2, 0) is 19.4 Å². The van der Waals surface area contributed by atoms with Crippen molar-refractivity contribution < 1.29 is 17.9 Å². The SMILES string of the molecule is CCCCCCS(=O)(=O)C[C@@]1(OC(C)(C)C)CCC2CC(=O)CC[C@]21C. The van der Waals surface area contributed by atoms with Crippen molar-refractivity contribution in [3.63, 3.8) is 0 Å². The fourth-order valence-electron chi connectivity index (χ4n) is 5.12. The summed E-state index contributed by atoms with van der Waals surface area (Å²) in [5, 5.41) is 0. The average Bonchev–Trinajstić information content (AvgIpc) is 2.74. The second kappa shape index (κ2) is 7.90. The van der Waals surface area contributed by atoms with Crippen molar-refractivity contribution in [2.45, 2.75) is 104 Å². The van der Waals surface area contributed by atoms with Gasteiger partial charge < -0.3 is 4.74 Å². The lowest BCUT2D eigenvalue weighted by Crippen LogP contribution is -2.56. The van der Waals surface area contributed by atoms with E-state index in [9.17, 15) is 13.2 Å². The van der Waals surface area contributed by atoms with Crippen molar-refractivity contribution in [2.75, 3.05) is 11.5 Å². The Labute approximate surface area is 160 Å². The Morgan fingerprint density at radius 3 is 2.46 bits per heavy atom. The van der Waals surface area contributed by atoms with E-state index >= 15 is 0 Å². The summed E-state index contributed by atoms with van der Waals surface area (Å²) < 4.78 is 32.5. The second-order valence-corrected chi connectivity index (χ2v) is 11.9. The van der Waals surface area contributed by atoms with Crippen LogP contribution in [0.3, 0.4) is 0 Å². The van der Waals surface area contributed by atoms with Crippen LogP contribution in [0.5, 0.6) is 0 Å². The molecular weight excluding hydrogens is 348 g/mol. The molecule has 0 saturated heterocycles. The lowest BCUT2D eigenvalue weighted by Gasteiger charge is -2.50. The number of sulfone groups is 1. The number of hydrogen-bond donors (Lipinski definition) is 0. The molecule has 2 saturated carbocycles. The summed E-state index contributed by atoms with van der Waals surface area (Å²) in [7, 11) is -3.19. The lowest BCUT2D eigenvalue weighted by atomic mass is 9.63. The third kappa shape index (κ3) is 4.89. The van der Waals surface area contributed by atoms with Crippen molar-refractivity contribution in [3.8, 4) is 0 Å². The van der Waals surface area contributed by atoms with Gasteiger partial charge in [-0.05, 0) is 52.4 Å². The van der Waals surface area contributed by atoms with Gasteiger partial charge in [-0.25, -0.2) is 8.42 Å². The fraction of sp³-hybridized carbons (Fsp3) is 0.952. The number of ketones is 1. The number of rotatable bonds is 8. The van der Waals surface area contributed by atoms with Crippen LogP contribution in [-0.4, -0.2) is 36.9 Å². The van der Waals surface area contributed by atoms with Gasteiger partial charge in [-0.15, -0.1) is 0 Å². The summed E-state index contributed by atoms with van der Waals surface area (Å²) in [6.45, 7) is 10.3. The van der Waals surface area contributed by atoms with Gasteiger partial charge in [0.25, 0.3) is 0 Å². The second-order valence-electron chi connectivity index (χ2n) is 9.76. The molecular formula is C21H38O4S. The smallest absolute Gasteiger partial charge is 0.153 e. The first kappa shape index (κ1) is 21.9. The highest BCUT2D eigenvalue weighted by molar-refractivity contribution is 7.91. The van der Waals surface area contributed by atoms with E-state index in [0.717, 1.165) is 44.9 Å². The van der Waals surface area contributed by atoms with Gasteiger partial charge in [-0.1, -0.05) is 33.1 Å². The molecule has 26 heavy (non-hydrogen) atoms. The maximum atomic E-state index is 13.0. The predicted octanol–water partition coefficient (Wildman–Crippen LogP) is 4.70. The number of unbranched alkanes of at least 4 members (excludes halogenated alkanes) is 3. The van der Waals surface area contributed by atoms with Crippen molar-refractivity contribution in [2.24, 2.45) is 11.3 Å². The van der Waals surface area contributed by atoms with Crippen LogP contribution >= 0.6 is 0 Å². The largest absolute Gasteiger partial charge is 0.368 e. The zero-order valence-electron chi connectivity index (χ0n) is 17.4. The van der Waals surface area contributed by atoms with Crippen LogP contribution in [0.1, 0.15) is 92.4 Å². The van der Waals surface area contributed by atoms with Gasteiger partial charge in [0.15, 0.2) is 9.84 Å². The summed E-state index contributed by atoms with van der Waals surface area (Å²) in [5.74, 6) is 0.926. The number of carbonyl (C=O) groups is 1. The maximum Gasteiger partial charge on any atom is 0.153 e. The van der Waals surface area contributed by atoms with E-state index in [1.54, 1.807) is 0 Å². The Hall–Kier alpha value is -0.420. The molecule has 0 radical (unpaired) electrons. The summed E-state index contributed by atoms with van der Waals surface area (Å²) in [6, 6.07) is 0. The van der Waals surface area contributed by atoms with E-state index in [0.29, 0.717) is 18.6 Å². The molecule has 1 unspecified atom stereocenters. The molecule has 4 nitrogen and oxygen atoms in total. The van der Waals surface area contributed by atoms with Crippen molar-refractivity contribution >= 4 is 15.6 Å². The number of hydrogen-bond acceptors (Lipinski definition) is 4. The molecule has 0 bridgehead atoms. The molecule has 0 N–H and O–H groups in total. The van der Waals surface area contributed by atoms with Crippen LogP contribution in [0.25, 0.3) is 0 Å². The monoisotopic (exact) mass is 386 g/mol. The van der Waals surface area contributed by atoms with Gasteiger partial charge >= 0.3 is 0 Å². The minimum atomic E-state index is -3.19. The number of fused-ring (bicyclic) bond motifs is 1. The van der Waals surface area contributed by atoms with Gasteiger partial charge in [-0.2, -0.15) is 0 Å². The average molecular weight is 387 g/mol. The molecule has 2 aliphatic rings. The summed E-state index contributed by atoms with van der Waals surface area (Å²) in [5.41, 5.74) is -1.30. The minimum absolute atomic E-state index is 0.102. The van der Waals surface area contributed by atoms with Crippen LogP contribution in [0.2, 0.25) is 0 Å². The Morgan fingerprint density at radius 1 is 1.15 bits per heavy atom. The van der Waals surface area contributed by atoms with Gasteiger partial charge in [0.05, 0.1) is 22.7 Å². The molecule has 5 heteroatoms. The number of Topliss-reactive ketones (excluding diaryl/α,β-unsaturated/α-hetero) is 1. The molecule has 0 amide bonds. The highest BCUT2D eigenvalue weighted by Gasteiger charge is 2.61. The zero-order chi connectivity index (χ0) is 19.6. The third-order valence-electron chi connectivity index (χ3n) is 6.50. The molecule has 152 valence electrons. The van der Waals surface area contributed by atoms with E-state index in [1.165, 1.54) is 0 Å². The lowest BCUT2D eigenvalue weighted by molar-refractivity contribution is -0.180. The molecule has 2 rings (SSSR count). The Kier molecular flexibility index (Phi) is 6.65. The van der Waals surface area contributed by atoms with Crippen LogP contribution in [0.4, 0.5) is 0 Å². The highest BCUT2D eigenvalue weighted by Crippen LogP contribution is 2.59. The zero-order valence-corrected chi connectivity index (χ0v) is 18.2. The van der Waals surface area contributed by atoms with Gasteiger partial charge in [0, 0.05) is 18.3 Å². The van der Waals surface area contributed by atoms with Gasteiger partial charge in [-0.3, -0.25) is 4.79 Å². The van der Waals surface area contributed by atoms with E-state index in [1.807, 2.05) is 20.8 Å². The van der Waals surface area contributed by atoms with E-state index in [4.69, 9.17) is 4.74 Å². The number of carbonyl (C=O) groups excluding carboxylic acids is 1. The molecule has 0 aliphatic heterocycles. The van der Waals surface area contributed by atoms with E-state index in [-0.39, 0.29) is 22.8 Å². The normalized spacial score (nSPS) is 32.7. The molecule has 0 heterocycles. The Morgan fingerprint density at radius 2 is 1.85 bits per heavy atom. The molecule has 0 aromatic carbocycles. The predicted molar refractivity (Wildman–Crippen MR) is 106 cm³/mol. The van der Waals surface area contributed by atoms with E-state index in [2.05, 4.69) is 13.8 Å². The quantitative estimate of drug-likeness (QED) is 0.567. The summed E-state index contributed by atoms with van der Waals surface area (Å²) in [6.07, 6.45) is 7.42. The first-order chi connectivity index (χ1) is 11.9. The van der Waals surface area contributed by atoms with Crippen molar-refractivity contribution in [1.29, 1.82) is 0 Å². The molecule has 3 atom stereocenters. The standard InChI is InChI=1S/C21H38O4S/c1-6-7-8-9-14-26(23,24)16-21(25-19(2,3)4)13-10-17-15-18(22)11-12-20(17,21)5/h17H,6-16H2,1-5H3/t17?,20-,21+/m1/s1. The van der Waals surface area contributed by atoms with Crippen LogP contribution in [0, 0.1) is 11.3 Å². The summed E-state index contributed by atoms with van der Waals surface area (Å²) >= 11 is 0. The fourth-order valence-corrected chi connectivity index (χ4v) is 7.15. The molecule has 0 aromatic rings. The van der Waals surface area contributed by atoms with Crippen molar-refractivity contribution in [1.82, 2.24) is 0 Å². The van der Waals surface area contributed by atoms with Crippen molar-refractivity contribution in [3.05, 3.63) is 0 Å². The maximum absolute atomic E-state index is 13.0. The third-order valence-corrected chi connectivity index (χ3v) is 8.32. The van der Waals surface area contributed by atoms with E-state index < -0.39 is 21.0 Å². The molecule has 0 spiro atoms. The topological polar surface area (TPSA) is 60.4 Å². The first-order valence-corrected chi connectivity index (χ1v) is 12.2. The molecule has 2 fully saturated rings. The Bertz CT molecular complexity index is 604. The number of ether oxygens (including phenoxy) is 1. The highest BCUT2D eigenvalue weighted by atomic mass is 32.2. The first-order valence-electron chi connectivity index (χ1n) is 10.4. The molecule has 0 aromatic heterocycles. The van der Waals surface area contributed by atoms with Crippen LogP contribution < -0.4 is 0 Å². The van der Waals surface area contributed by atoms with Crippen LogP contribution in [0.15, 0.2) is 0 Å². The summed E-state index contributed by atoms with van der Waals surface area (Å²) in [4.78, 5) is 12.0. The molecule has 2 aliphatic carbocycles. The van der Waals surface area contributed by atoms with Gasteiger partial charge in [0.2, 0.25) is 0 Å². The van der Waals surface area contributed by atoms with Gasteiger partial charge in [0.1, 0.15) is 5.78 Å². The minimum Gasteiger partial charge on any atom is -0.368 e.